The van der Waals surface area contributed by atoms with Gasteiger partial charge in [0, 0.05) is 23.3 Å². The number of benzene rings is 1. The molecule has 1 atom stereocenters. The van der Waals surface area contributed by atoms with Crippen LogP contribution in [0.2, 0.25) is 0 Å². The average Bonchev–Trinajstić information content (AvgIpc) is 3.13. The Kier molecular flexibility index (Phi) is 4.24. The molecule has 0 radical (unpaired) electrons. The molecule has 2 N–H and O–H groups in total. The quantitative estimate of drug-likeness (QED) is 0.804. The van der Waals surface area contributed by atoms with E-state index in [2.05, 4.69) is 24.5 Å². The van der Waals surface area contributed by atoms with Gasteiger partial charge >= 0.3 is 0 Å². The Hall–Kier alpha value is -1.51. The lowest BCUT2D eigenvalue weighted by atomic mass is 10.2. The van der Waals surface area contributed by atoms with Crippen LogP contribution in [0.4, 0.5) is 11.4 Å². The third kappa shape index (κ3) is 3.76. The second-order valence-electron chi connectivity index (χ2n) is 5.18. The largest absolute Gasteiger partial charge is 0.383 e. The van der Waals surface area contributed by atoms with Gasteiger partial charge in [-0.15, -0.1) is 0 Å². The first-order valence-corrected chi connectivity index (χ1v) is 6.86. The summed E-state index contributed by atoms with van der Waals surface area (Å²) in [6.45, 7) is 4.36. The molecular weight excluding hydrogens is 224 g/mol. The normalized spacial score (nSPS) is 16.1. The van der Waals surface area contributed by atoms with Crippen LogP contribution < -0.4 is 10.6 Å². The van der Waals surface area contributed by atoms with Crippen LogP contribution in [0.1, 0.15) is 39.5 Å². The first kappa shape index (κ1) is 12.9. The molecular formula is C15H22N2O. The molecule has 1 aliphatic carbocycles. The number of anilines is 2. The van der Waals surface area contributed by atoms with Gasteiger partial charge in [-0.05, 0) is 44.4 Å². The molecule has 1 saturated carbocycles. The molecule has 0 spiro atoms. The molecule has 2 rings (SSSR count). The van der Waals surface area contributed by atoms with E-state index in [1.54, 1.807) is 0 Å². The molecule has 0 bridgehead atoms. The Morgan fingerprint density at radius 3 is 2.78 bits per heavy atom. The summed E-state index contributed by atoms with van der Waals surface area (Å²) in [6, 6.07) is 8.43. The monoisotopic (exact) mass is 246 g/mol. The van der Waals surface area contributed by atoms with Gasteiger partial charge in [-0.3, -0.25) is 4.79 Å². The van der Waals surface area contributed by atoms with E-state index >= 15 is 0 Å². The second-order valence-corrected chi connectivity index (χ2v) is 5.18. The SMILES string of the molecule is CCCC(C)Nc1cccc(NC(=O)C2CC2)c1. The van der Waals surface area contributed by atoms with Crippen molar-refractivity contribution in [2.24, 2.45) is 5.92 Å². The minimum atomic E-state index is 0.161. The molecule has 1 fully saturated rings. The van der Waals surface area contributed by atoms with Gasteiger partial charge in [0.2, 0.25) is 5.91 Å². The van der Waals surface area contributed by atoms with Gasteiger partial charge < -0.3 is 10.6 Å². The van der Waals surface area contributed by atoms with E-state index in [0.29, 0.717) is 6.04 Å². The molecule has 0 saturated heterocycles. The highest BCUT2D eigenvalue weighted by molar-refractivity contribution is 5.94. The van der Waals surface area contributed by atoms with Crippen molar-refractivity contribution in [1.82, 2.24) is 0 Å². The number of hydrogen-bond acceptors (Lipinski definition) is 2. The number of nitrogens with one attached hydrogen (secondary N) is 2. The minimum absolute atomic E-state index is 0.161. The molecule has 1 aromatic carbocycles. The van der Waals surface area contributed by atoms with E-state index in [1.165, 1.54) is 6.42 Å². The van der Waals surface area contributed by atoms with Crippen LogP contribution in [0.25, 0.3) is 0 Å². The predicted molar refractivity (Wildman–Crippen MR) is 75.8 cm³/mol. The highest BCUT2D eigenvalue weighted by atomic mass is 16.2. The van der Waals surface area contributed by atoms with E-state index in [9.17, 15) is 4.79 Å². The van der Waals surface area contributed by atoms with Crippen molar-refractivity contribution in [3.63, 3.8) is 0 Å². The Bertz CT molecular complexity index is 413. The van der Waals surface area contributed by atoms with Crippen LogP contribution in [0.5, 0.6) is 0 Å². The number of carbonyl (C=O) groups is 1. The standard InChI is InChI=1S/C15H22N2O/c1-3-5-11(2)16-13-6-4-7-14(10-13)17-15(18)12-8-9-12/h4,6-7,10-12,16H,3,5,8-9H2,1-2H3,(H,17,18). The maximum absolute atomic E-state index is 11.7. The Morgan fingerprint density at radius 1 is 1.39 bits per heavy atom. The molecule has 1 aromatic rings. The van der Waals surface area contributed by atoms with Gasteiger partial charge in [-0.25, -0.2) is 0 Å². The van der Waals surface area contributed by atoms with Crippen molar-refractivity contribution >= 4 is 17.3 Å². The molecule has 1 aliphatic rings. The van der Waals surface area contributed by atoms with Gasteiger partial charge in [0.05, 0.1) is 0 Å². The molecule has 18 heavy (non-hydrogen) atoms. The molecule has 3 heteroatoms. The first-order valence-electron chi connectivity index (χ1n) is 6.86. The van der Waals surface area contributed by atoms with Gasteiger partial charge in [0.1, 0.15) is 0 Å². The van der Waals surface area contributed by atoms with E-state index in [-0.39, 0.29) is 11.8 Å². The fourth-order valence-corrected chi connectivity index (χ4v) is 2.07. The van der Waals surface area contributed by atoms with Gasteiger partial charge in [0.15, 0.2) is 0 Å². The van der Waals surface area contributed by atoms with Gasteiger partial charge in [0.25, 0.3) is 0 Å². The fourth-order valence-electron chi connectivity index (χ4n) is 2.07. The third-order valence-electron chi connectivity index (χ3n) is 3.21. The summed E-state index contributed by atoms with van der Waals surface area (Å²) >= 11 is 0. The third-order valence-corrected chi connectivity index (χ3v) is 3.21. The highest BCUT2D eigenvalue weighted by Crippen LogP contribution is 2.30. The number of hydrogen-bond donors (Lipinski definition) is 2. The predicted octanol–water partition coefficient (Wildman–Crippen LogP) is 3.64. The number of rotatable bonds is 6. The van der Waals surface area contributed by atoms with Crippen molar-refractivity contribution in [1.29, 1.82) is 0 Å². The molecule has 3 nitrogen and oxygen atoms in total. The number of amides is 1. The van der Waals surface area contributed by atoms with E-state index in [0.717, 1.165) is 30.6 Å². The minimum Gasteiger partial charge on any atom is -0.383 e. The lowest BCUT2D eigenvalue weighted by Gasteiger charge is -2.15. The summed E-state index contributed by atoms with van der Waals surface area (Å²) in [6.07, 6.45) is 4.40. The summed E-state index contributed by atoms with van der Waals surface area (Å²) in [7, 11) is 0. The zero-order valence-electron chi connectivity index (χ0n) is 11.2. The Labute approximate surface area is 109 Å². The van der Waals surface area contributed by atoms with Crippen LogP contribution in [-0.4, -0.2) is 11.9 Å². The zero-order chi connectivity index (χ0) is 13.0. The van der Waals surface area contributed by atoms with Crippen molar-refractivity contribution < 1.29 is 4.79 Å². The highest BCUT2D eigenvalue weighted by Gasteiger charge is 2.29. The van der Waals surface area contributed by atoms with Crippen molar-refractivity contribution in [3.8, 4) is 0 Å². The summed E-state index contributed by atoms with van der Waals surface area (Å²) in [5, 5.41) is 6.42. The van der Waals surface area contributed by atoms with Crippen molar-refractivity contribution in [3.05, 3.63) is 24.3 Å². The second kappa shape index (κ2) is 5.89. The van der Waals surface area contributed by atoms with Crippen LogP contribution in [0.3, 0.4) is 0 Å². The molecule has 0 heterocycles. The molecule has 98 valence electrons. The van der Waals surface area contributed by atoms with Gasteiger partial charge in [-0.2, -0.15) is 0 Å². The van der Waals surface area contributed by atoms with Crippen LogP contribution >= 0.6 is 0 Å². The lowest BCUT2D eigenvalue weighted by molar-refractivity contribution is -0.117. The summed E-state index contributed by atoms with van der Waals surface area (Å²) in [5.41, 5.74) is 1.96. The van der Waals surface area contributed by atoms with E-state index < -0.39 is 0 Å². The van der Waals surface area contributed by atoms with Crippen LogP contribution in [-0.2, 0) is 4.79 Å². The molecule has 1 amide bonds. The first-order chi connectivity index (χ1) is 8.69. The van der Waals surface area contributed by atoms with Crippen LogP contribution in [0, 0.1) is 5.92 Å². The van der Waals surface area contributed by atoms with Crippen molar-refractivity contribution in [2.75, 3.05) is 10.6 Å². The Balaban J connectivity index is 1.93. The van der Waals surface area contributed by atoms with E-state index in [1.807, 2.05) is 24.3 Å². The Morgan fingerprint density at radius 2 is 2.11 bits per heavy atom. The number of carbonyl (C=O) groups excluding carboxylic acids is 1. The molecule has 0 aromatic heterocycles. The topological polar surface area (TPSA) is 41.1 Å². The summed E-state index contributed by atoms with van der Waals surface area (Å²) < 4.78 is 0. The lowest BCUT2D eigenvalue weighted by Crippen LogP contribution is -2.16. The fraction of sp³-hybridized carbons (Fsp3) is 0.533. The van der Waals surface area contributed by atoms with E-state index in [4.69, 9.17) is 0 Å². The smallest absolute Gasteiger partial charge is 0.227 e. The molecule has 0 aliphatic heterocycles. The average molecular weight is 246 g/mol. The van der Waals surface area contributed by atoms with Crippen LogP contribution in [0.15, 0.2) is 24.3 Å². The van der Waals surface area contributed by atoms with Crippen molar-refractivity contribution in [2.45, 2.75) is 45.6 Å². The summed E-state index contributed by atoms with van der Waals surface area (Å²) in [4.78, 5) is 11.7. The zero-order valence-corrected chi connectivity index (χ0v) is 11.2. The summed E-state index contributed by atoms with van der Waals surface area (Å²) in [5.74, 6) is 0.411. The maximum Gasteiger partial charge on any atom is 0.227 e. The van der Waals surface area contributed by atoms with Gasteiger partial charge in [-0.1, -0.05) is 19.4 Å². The maximum atomic E-state index is 11.7. The molecule has 1 unspecified atom stereocenters.